The van der Waals surface area contributed by atoms with E-state index >= 15 is 0 Å². The van der Waals surface area contributed by atoms with Crippen molar-refractivity contribution >= 4 is 17.6 Å². The molecule has 0 atom stereocenters. The van der Waals surface area contributed by atoms with Gasteiger partial charge < -0.3 is 9.47 Å². The van der Waals surface area contributed by atoms with Crippen molar-refractivity contribution in [3.05, 3.63) is 29.8 Å². The van der Waals surface area contributed by atoms with E-state index in [0.29, 0.717) is 23.8 Å². The molecular weight excluding hydrogens is 284 g/mol. The molecule has 2 rings (SSSR count). The number of ether oxygens (including phenoxy) is 2. The normalized spacial score (nSPS) is 14.4. The third-order valence-electron chi connectivity index (χ3n) is 3.26. The van der Waals surface area contributed by atoms with Gasteiger partial charge in [0.25, 0.3) is 5.91 Å². The number of amides is 1. The largest absolute Gasteiger partial charge is 0.484 e. The highest BCUT2D eigenvalue weighted by atomic mass is 16.5. The lowest BCUT2D eigenvalue weighted by Crippen LogP contribution is -2.25. The first kappa shape index (κ1) is 16.0. The van der Waals surface area contributed by atoms with Crippen LogP contribution in [0.1, 0.15) is 37.0 Å². The van der Waals surface area contributed by atoms with Crippen molar-refractivity contribution in [3.8, 4) is 5.75 Å². The van der Waals surface area contributed by atoms with Gasteiger partial charge in [0.05, 0.1) is 12.2 Å². The van der Waals surface area contributed by atoms with Gasteiger partial charge in [0, 0.05) is 5.71 Å². The van der Waals surface area contributed by atoms with Crippen molar-refractivity contribution in [2.75, 3.05) is 13.2 Å². The van der Waals surface area contributed by atoms with Crippen LogP contribution in [-0.4, -0.2) is 30.8 Å². The second-order valence-corrected chi connectivity index (χ2v) is 5.10. The fourth-order valence-corrected chi connectivity index (χ4v) is 1.83. The minimum atomic E-state index is -0.378. The van der Waals surface area contributed by atoms with Gasteiger partial charge in [-0.1, -0.05) is 0 Å². The summed E-state index contributed by atoms with van der Waals surface area (Å²) in [4.78, 5) is 23.1. The molecule has 0 unspecified atom stereocenters. The lowest BCUT2D eigenvalue weighted by molar-refractivity contribution is -0.123. The minimum absolute atomic E-state index is 0.125. The Kier molecular flexibility index (Phi) is 5.52. The summed E-state index contributed by atoms with van der Waals surface area (Å²) in [5.74, 6) is 0.342. The second kappa shape index (κ2) is 7.59. The molecule has 1 aromatic carbocycles. The van der Waals surface area contributed by atoms with Gasteiger partial charge in [-0.3, -0.25) is 4.79 Å². The Hall–Kier alpha value is -2.37. The van der Waals surface area contributed by atoms with E-state index in [0.717, 1.165) is 18.6 Å². The molecular formula is C16H20N2O4. The van der Waals surface area contributed by atoms with Crippen molar-refractivity contribution < 1.29 is 19.1 Å². The second-order valence-electron chi connectivity index (χ2n) is 5.10. The van der Waals surface area contributed by atoms with Gasteiger partial charge in [0.2, 0.25) is 0 Å². The third kappa shape index (κ3) is 4.87. The zero-order valence-electron chi connectivity index (χ0n) is 12.8. The van der Waals surface area contributed by atoms with E-state index < -0.39 is 0 Å². The predicted molar refractivity (Wildman–Crippen MR) is 81.9 cm³/mol. The molecule has 0 spiro atoms. The average Bonchev–Trinajstić information content (AvgIpc) is 3.36. The van der Waals surface area contributed by atoms with Crippen LogP contribution in [0.3, 0.4) is 0 Å². The van der Waals surface area contributed by atoms with Gasteiger partial charge in [-0.25, -0.2) is 10.2 Å². The molecule has 1 aliphatic rings. The molecule has 6 heteroatoms. The van der Waals surface area contributed by atoms with Crippen molar-refractivity contribution in [1.82, 2.24) is 5.43 Å². The smallest absolute Gasteiger partial charge is 0.338 e. The lowest BCUT2D eigenvalue weighted by Gasteiger charge is -2.06. The third-order valence-corrected chi connectivity index (χ3v) is 3.26. The maximum Gasteiger partial charge on any atom is 0.338 e. The molecule has 1 saturated carbocycles. The van der Waals surface area contributed by atoms with Crippen LogP contribution in [0.2, 0.25) is 0 Å². The number of hydrogen-bond donors (Lipinski definition) is 1. The fourth-order valence-electron chi connectivity index (χ4n) is 1.83. The Labute approximate surface area is 129 Å². The number of carbonyl (C=O) groups is 2. The molecule has 118 valence electrons. The Morgan fingerprint density at radius 1 is 1.27 bits per heavy atom. The molecule has 1 N–H and O–H groups in total. The standard InChI is InChI=1S/C16H20N2O4/c1-3-21-16(20)13-6-8-14(9-7-13)22-10-15(19)18-17-11(2)12-4-5-12/h6-9,12H,3-5,10H2,1-2H3,(H,18,19)/b17-11+. The fraction of sp³-hybridized carbons (Fsp3) is 0.438. The Morgan fingerprint density at radius 3 is 2.55 bits per heavy atom. The molecule has 1 aromatic rings. The number of nitrogens with zero attached hydrogens (tertiary/aromatic N) is 1. The maximum absolute atomic E-state index is 11.6. The van der Waals surface area contributed by atoms with E-state index in [9.17, 15) is 9.59 Å². The molecule has 0 radical (unpaired) electrons. The van der Waals surface area contributed by atoms with Crippen molar-refractivity contribution in [2.24, 2.45) is 11.0 Å². The molecule has 0 bridgehead atoms. The zero-order valence-corrected chi connectivity index (χ0v) is 12.8. The van der Waals surface area contributed by atoms with Gasteiger partial charge in [-0.2, -0.15) is 5.10 Å². The summed E-state index contributed by atoms with van der Waals surface area (Å²) in [7, 11) is 0. The summed E-state index contributed by atoms with van der Waals surface area (Å²) in [6, 6.07) is 6.44. The van der Waals surface area contributed by atoms with E-state index in [2.05, 4.69) is 10.5 Å². The van der Waals surface area contributed by atoms with Crippen LogP contribution in [-0.2, 0) is 9.53 Å². The van der Waals surface area contributed by atoms with Gasteiger partial charge in [0.1, 0.15) is 5.75 Å². The van der Waals surface area contributed by atoms with E-state index in [-0.39, 0.29) is 18.5 Å². The molecule has 6 nitrogen and oxygen atoms in total. The highest BCUT2D eigenvalue weighted by Crippen LogP contribution is 2.30. The Morgan fingerprint density at radius 2 is 1.95 bits per heavy atom. The quantitative estimate of drug-likeness (QED) is 0.475. The predicted octanol–water partition coefficient (Wildman–Crippen LogP) is 2.14. The van der Waals surface area contributed by atoms with Crippen molar-refractivity contribution in [1.29, 1.82) is 0 Å². The maximum atomic E-state index is 11.6. The Balaban J connectivity index is 1.77. The highest BCUT2D eigenvalue weighted by molar-refractivity contribution is 5.89. The molecule has 0 heterocycles. The van der Waals surface area contributed by atoms with E-state index in [1.165, 1.54) is 0 Å². The molecule has 22 heavy (non-hydrogen) atoms. The molecule has 0 aromatic heterocycles. The van der Waals surface area contributed by atoms with Crippen LogP contribution in [0, 0.1) is 5.92 Å². The van der Waals surface area contributed by atoms with Gasteiger partial charge >= 0.3 is 5.97 Å². The summed E-state index contributed by atoms with van der Waals surface area (Å²) >= 11 is 0. The minimum Gasteiger partial charge on any atom is -0.484 e. The van der Waals surface area contributed by atoms with E-state index in [1.807, 2.05) is 6.92 Å². The van der Waals surface area contributed by atoms with Crippen LogP contribution in [0.4, 0.5) is 0 Å². The van der Waals surface area contributed by atoms with E-state index in [4.69, 9.17) is 9.47 Å². The number of carbonyl (C=O) groups excluding carboxylic acids is 2. The zero-order chi connectivity index (χ0) is 15.9. The van der Waals surface area contributed by atoms with Crippen molar-refractivity contribution in [2.45, 2.75) is 26.7 Å². The first-order chi connectivity index (χ1) is 10.6. The number of hydrogen-bond acceptors (Lipinski definition) is 5. The number of benzene rings is 1. The summed E-state index contributed by atoms with van der Waals surface area (Å²) in [6.45, 7) is 3.87. The monoisotopic (exact) mass is 304 g/mol. The van der Waals surface area contributed by atoms with Crippen LogP contribution in [0.5, 0.6) is 5.75 Å². The molecule has 1 fully saturated rings. The highest BCUT2D eigenvalue weighted by Gasteiger charge is 2.24. The van der Waals surface area contributed by atoms with Gasteiger partial charge in [-0.05, 0) is 56.9 Å². The van der Waals surface area contributed by atoms with Crippen molar-refractivity contribution in [3.63, 3.8) is 0 Å². The first-order valence-electron chi connectivity index (χ1n) is 7.33. The first-order valence-corrected chi connectivity index (χ1v) is 7.33. The summed E-state index contributed by atoms with van der Waals surface area (Å²) < 4.78 is 10.2. The summed E-state index contributed by atoms with van der Waals surface area (Å²) in [5.41, 5.74) is 3.87. The Bertz CT molecular complexity index is 562. The van der Waals surface area contributed by atoms with Gasteiger partial charge in [0.15, 0.2) is 6.61 Å². The SMILES string of the molecule is CCOC(=O)c1ccc(OCC(=O)N/N=C(\C)C2CC2)cc1. The van der Waals surface area contributed by atoms with Crippen LogP contribution in [0.15, 0.2) is 29.4 Å². The summed E-state index contributed by atoms with van der Waals surface area (Å²) in [6.07, 6.45) is 2.29. The summed E-state index contributed by atoms with van der Waals surface area (Å²) in [5, 5.41) is 4.03. The van der Waals surface area contributed by atoms with Crippen LogP contribution in [0.25, 0.3) is 0 Å². The van der Waals surface area contributed by atoms with Crippen LogP contribution < -0.4 is 10.2 Å². The lowest BCUT2D eigenvalue weighted by atomic mass is 10.2. The molecule has 1 amide bonds. The number of rotatable bonds is 7. The average molecular weight is 304 g/mol. The van der Waals surface area contributed by atoms with Gasteiger partial charge in [-0.15, -0.1) is 0 Å². The number of hydrazone groups is 1. The molecule has 0 saturated heterocycles. The number of esters is 1. The van der Waals surface area contributed by atoms with E-state index in [1.54, 1.807) is 31.2 Å². The van der Waals surface area contributed by atoms with Crippen LogP contribution >= 0.6 is 0 Å². The molecule has 1 aliphatic carbocycles. The number of nitrogens with one attached hydrogen (secondary N) is 1. The molecule has 0 aliphatic heterocycles. The topological polar surface area (TPSA) is 77.0 Å².